The molecule has 14 heavy (non-hydrogen) atoms. The van der Waals surface area contributed by atoms with Crippen molar-refractivity contribution in [1.82, 2.24) is 5.32 Å². The van der Waals surface area contributed by atoms with Crippen molar-refractivity contribution in [1.29, 1.82) is 0 Å². The minimum atomic E-state index is -0.362. The summed E-state index contributed by atoms with van der Waals surface area (Å²) < 4.78 is 12.9. The number of hydrogen-bond donors (Lipinski definition) is 1. The SMILES string of the molecule is CC1(C)Cc2ccc(F)cc2C(=O)N1. The Balaban J connectivity index is 2.50. The molecule has 0 unspecified atom stereocenters. The molecule has 0 saturated heterocycles. The number of rotatable bonds is 0. The number of halogens is 1. The molecule has 1 aliphatic rings. The quantitative estimate of drug-likeness (QED) is 0.669. The second kappa shape index (κ2) is 2.80. The van der Waals surface area contributed by atoms with Gasteiger partial charge in [-0.05, 0) is 38.0 Å². The van der Waals surface area contributed by atoms with Gasteiger partial charge in [-0.25, -0.2) is 4.39 Å². The topological polar surface area (TPSA) is 29.1 Å². The van der Waals surface area contributed by atoms with Crippen LogP contribution in [0.3, 0.4) is 0 Å². The third kappa shape index (κ3) is 1.50. The Labute approximate surface area is 82.1 Å². The van der Waals surface area contributed by atoms with Gasteiger partial charge in [0.15, 0.2) is 0 Å². The van der Waals surface area contributed by atoms with E-state index < -0.39 is 0 Å². The summed E-state index contributed by atoms with van der Waals surface area (Å²) in [7, 11) is 0. The molecule has 2 nitrogen and oxygen atoms in total. The molecule has 1 aromatic carbocycles. The first-order valence-corrected chi connectivity index (χ1v) is 4.59. The predicted molar refractivity (Wildman–Crippen MR) is 51.6 cm³/mol. The normalized spacial score (nSPS) is 18.6. The van der Waals surface area contributed by atoms with E-state index >= 15 is 0 Å². The first kappa shape index (κ1) is 9.19. The fourth-order valence-corrected chi connectivity index (χ4v) is 1.81. The van der Waals surface area contributed by atoms with Crippen LogP contribution in [0.25, 0.3) is 0 Å². The maximum atomic E-state index is 12.9. The monoisotopic (exact) mass is 193 g/mol. The van der Waals surface area contributed by atoms with E-state index in [0.717, 1.165) is 12.0 Å². The van der Waals surface area contributed by atoms with Crippen molar-refractivity contribution in [2.75, 3.05) is 0 Å². The van der Waals surface area contributed by atoms with Gasteiger partial charge >= 0.3 is 0 Å². The molecule has 2 rings (SSSR count). The van der Waals surface area contributed by atoms with Crippen molar-refractivity contribution < 1.29 is 9.18 Å². The zero-order valence-electron chi connectivity index (χ0n) is 8.23. The van der Waals surface area contributed by atoms with E-state index in [4.69, 9.17) is 0 Å². The molecule has 0 fully saturated rings. The standard InChI is InChI=1S/C11H12FNO/c1-11(2)6-7-3-4-8(12)5-9(7)10(14)13-11/h3-5H,6H2,1-2H3,(H,13,14). The molecule has 3 heteroatoms. The molecule has 1 aromatic rings. The maximum absolute atomic E-state index is 12.9. The molecule has 1 amide bonds. The lowest BCUT2D eigenvalue weighted by atomic mass is 9.87. The summed E-state index contributed by atoms with van der Waals surface area (Å²) in [6.07, 6.45) is 0.744. The minimum absolute atomic E-state index is 0.184. The summed E-state index contributed by atoms with van der Waals surface area (Å²) in [6, 6.07) is 4.37. The maximum Gasteiger partial charge on any atom is 0.252 e. The molecule has 0 aliphatic carbocycles. The largest absolute Gasteiger partial charge is 0.347 e. The number of carbonyl (C=O) groups is 1. The first-order chi connectivity index (χ1) is 6.48. The van der Waals surface area contributed by atoms with Crippen LogP contribution in [0.2, 0.25) is 0 Å². The number of nitrogens with one attached hydrogen (secondary N) is 1. The molecule has 0 spiro atoms. The van der Waals surface area contributed by atoms with Crippen molar-refractivity contribution in [2.45, 2.75) is 25.8 Å². The lowest BCUT2D eigenvalue weighted by Crippen LogP contribution is -2.49. The van der Waals surface area contributed by atoms with Crippen LogP contribution in [0.4, 0.5) is 4.39 Å². The summed E-state index contributed by atoms with van der Waals surface area (Å²) in [6.45, 7) is 3.91. The number of carbonyl (C=O) groups excluding carboxylic acids is 1. The van der Waals surface area contributed by atoms with Gasteiger partial charge in [-0.15, -0.1) is 0 Å². The minimum Gasteiger partial charge on any atom is -0.347 e. The highest BCUT2D eigenvalue weighted by molar-refractivity contribution is 5.97. The van der Waals surface area contributed by atoms with Crippen LogP contribution in [0, 0.1) is 5.82 Å². The summed E-state index contributed by atoms with van der Waals surface area (Å²) in [5.74, 6) is -0.547. The Bertz CT molecular complexity index is 398. The van der Waals surface area contributed by atoms with E-state index in [9.17, 15) is 9.18 Å². The van der Waals surface area contributed by atoms with Crippen LogP contribution in [0.15, 0.2) is 18.2 Å². The zero-order valence-corrected chi connectivity index (χ0v) is 8.23. The fraction of sp³-hybridized carbons (Fsp3) is 0.364. The van der Waals surface area contributed by atoms with Crippen molar-refractivity contribution in [3.05, 3.63) is 35.1 Å². The lowest BCUT2D eigenvalue weighted by Gasteiger charge is -2.32. The van der Waals surface area contributed by atoms with Gasteiger partial charge in [-0.3, -0.25) is 4.79 Å². The van der Waals surface area contributed by atoms with Gasteiger partial charge in [0.25, 0.3) is 5.91 Å². The molecule has 0 bridgehead atoms. The van der Waals surface area contributed by atoms with Gasteiger partial charge in [-0.2, -0.15) is 0 Å². The Hall–Kier alpha value is -1.38. The van der Waals surface area contributed by atoms with E-state index in [1.165, 1.54) is 12.1 Å². The van der Waals surface area contributed by atoms with Gasteiger partial charge in [0.05, 0.1) is 0 Å². The molecule has 74 valence electrons. The number of amides is 1. The van der Waals surface area contributed by atoms with Crippen LogP contribution in [0.1, 0.15) is 29.8 Å². The van der Waals surface area contributed by atoms with Gasteiger partial charge in [0, 0.05) is 11.1 Å². The van der Waals surface area contributed by atoms with Crippen LogP contribution >= 0.6 is 0 Å². The van der Waals surface area contributed by atoms with Crippen LogP contribution in [0.5, 0.6) is 0 Å². The molecular weight excluding hydrogens is 181 g/mol. The van der Waals surface area contributed by atoms with Gasteiger partial charge in [-0.1, -0.05) is 6.07 Å². The Kier molecular flexibility index (Phi) is 1.84. The lowest BCUT2D eigenvalue weighted by molar-refractivity contribution is 0.0896. The predicted octanol–water partition coefficient (Wildman–Crippen LogP) is 1.89. The van der Waals surface area contributed by atoms with Gasteiger partial charge < -0.3 is 5.32 Å². The number of benzene rings is 1. The molecule has 1 N–H and O–H groups in total. The number of fused-ring (bicyclic) bond motifs is 1. The van der Waals surface area contributed by atoms with Crippen LogP contribution in [-0.2, 0) is 6.42 Å². The van der Waals surface area contributed by atoms with E-state index in [0.29, 0.717) is 5.56 Å². The summed E-state index contributed by atoms with van der Waals surface area (Å²) in [5.41, 5.74) is 1.14. The highest BCUT2D eigenvalue weighted by atomic mass is 19.1. The molecular formula is C11H12FNO. The summed E-state index contributed by atoms with van der Waals surface area (Å²) in [4.78, 5) is 11.6. The zero-order chi connectivity index (χ0) is 10.3. The third-order valence-corrected chi connectivity index (χ3v) is 2.40. The van der Waals surface area contributed by atoms with E-state index in [2.05, 4.69) is 5.32 Å². The highest BCUT2D eigenvalue weighted by Gasteiger charge is 2.29. The Morgan fingerprint density at radius 1 is 1.43 bits per heavy atom. The van der Waals surface area contributed by atoms with Crippen molar-refractivity contribution in [3.8, 4) is 0 Å². The van der Waals surface area contributed by atoms with E-state index in [-0.39, 0.29) is 17.3 Å². The Morgan fingerprint density at radius 2 is 2.14 bits per heavy atom. The first-order valence-electron chi connectivity index (χ1n) is 4.59. The highest BCUT2D eigenvalue weighted by Crippen LogP contribution is 2.23. The van der Waals surface area contributed by atoms with Gasteiger partial charge in [0.1, 0.15) is 5.82 Å². The van der Waals surface area contributed by atoms with E-state index in [1.807, 2.05) is 13.8 Å². The third-order valence-electron chi connectivity index (χ3n) is 2.40. The summed E-state index contributed by atoms with van der Waals surface area (Å²) >= 11 is 0. The van der Waals surface area contributed by atoms with E-state index in [1.54, 1.807) is 6.07 Å². The summed E-state index contributed by atoms with van der Waals surface area (Å²) in [5, 5.41) is 2.83. The fourth-order valence-electron chi connectivity index (χ4n) is 1.81. The number of hydrogen-bond acceptors (Lipinski definition) is 1. The second-order valence-electron chi connectivity index (χ2n) is 4.32. The smallest absolute Gasteiger partial charge is 0.252 e. The molecule has 0 saturated carbocycles. The van der Waals surface area contributed by atoms with Gasteiger partial charge in [0.2, 0.25) is 0 Å². The molecule has 0 aromatic heterocycles. The van der Waals surface area contributed by atoms with Crippen LogP contribution < -0.4 is 5.32 Å². The molecule has 0 radical (unpaired) electrons. The molecule has 0 atom stereocenters. The van der Waals surface area contributed by atoms with Crippen LogP contribution in [-0.4, -0.2) is 11.4 Å². The average Bonchev–Trinajstić information content (AvgIpc) is 2.05. The second-order valence-corrected chi connectivity index (χ2v) is 4.32. The van der Waals surface area contributed by atoms with Crippen molar-refractivity contribution in [3.63, 3.8) is 0 Å². The molecule has 1 aliphatic heterocycles. The van der Waals surface area contributed by atoms with Crippen molar-refractivity contribution in [2.24, 2.45) is 0 Å². The molecule has 1 heterocycles. The van der Waals surface area contributed by atoms with Crippen molar-refractivity contribution >= 4 is 5.91 Å². The average molecular weight is 193 g/mol. The Morgan fingerprint density at radius 3 is 2.86 bits per heavy atom.